The highest BCUT2D eigenvalue weighted by Gasteiger charge is 2.08. The maximum Gasteiger partial charge on any atom is 0.421 e. The van der Waals surface area contributed by atoms with Crippen LogP contribution in [0.15, 0.2) is 32.7 Å². The van der Waals surface area contributed by atoms with E-state index in [1.54, 1.807) is 18.3 Å². The van der Waals surface area contributed by atoms with Crippen molar-refractivity contribution in [2.24, 2.45) is 5.11 Å². The normalized spacial score (nSPS) is 10.1. The van der Waals surface area contributed by atoms with Gasteiger partial charge in [0.1, 0.15) is 0 Å². The Morgan fingerprint density at radius 1 is 1.67 bits per heavy atom. The molecule has 7 heteroatoms. The Bertz CT molecular complexity index is 578. The summed E-state index contributed by atoms with van der Waals surface area (Å²) in [6, 6.07) is 3.34. The number of hydrogen-bond donors (Lipinski definition) is 0. The lowest BCUT2D eigenvalue weighted by atomic mass is 10.4. The first kappa shape index (κ1) is 9.29. The molecule has 0 atom stereocenters. The van der Waals surface area contributed by atoms with E-state index in [-0.39, 0.29) is 13.1 Å². The quantitative estimate of drug-likeness (QED) is 0.429. The van der Waals surface area contributed by atoms with Gasteiger partial charge < -0.3 is 4.42 Å². The fourth-order valence-corrected chi connectivity index (χ4v) is 1.29. The molecule has 0 spiro atoms. The summed E-state index contributed by atoms with van der Waals surface area (Å²) in [5, 5.41) is 3.35. The minimum Gasteiger partial charge on any atom is -0.406 e. The van der Waals surface area contributed by atoms with Crippen LogP contribution in [0, 0.1) is 0 Å². The first-order valence-electron chi connectivity index (χ1n) is 4.28. The van der Waals surface area contributed by atoms with E-state index in [1.165, 1.54) is 4.57 Å². The zero-order chi connectivity index (χ0) is 10.7. The van der Waals surface area contributed by atoms with E-state index in [4.69, 9.17) is 9.95 Å². The molecule has 0 N–H and O–H groups in total. The van der Waals surface area contributed by atoms with Gasteiger partial charge in [0, 0.05) is 24.2 Å². The topological polar surface area (TPSA) is 96.8 Å². The molecule has 2 aromatic rings. The third-order valence-corrected chi connectivity index (χ3v) is 1.91. The van der Waals surface area contributed by atoms with Gasteiger partial charge in [-0.2, -0.15) is 0 Å². The van der Waals surface area contributed by atoms with Gasteiger partial charge >= 0.3 is 5.76 Å². The highest BCUT2D eigenvalue weighted by Crippen LogP contribution is 2.07. The zero-order valence-electron chi connectivity index (χ0n) is 7.70. The maximum absolute atomic E-state index is 11.4. The molecule has 0 saturated heterocycles. The van der Waals surface area contributed by atoms with Crippen molar-refractivity contribution in [3.05, 3.63) is 39.3 Å². The van der Waals surface area contributed by atoms with Crippen LogP contribution < -0.4 is 5.76 Å². The van der Waals surface area contributed by atoms with Crippen molar-refractivity contribution >= 4 is 11.2 Å². The molecule has 0 radical (unpaired) electrons. The summed E-state index contributed by atoms with van der Waals surface area (Å²) in [5.74, 6) is -0.489. The van der Waals surface area contributed by atoms with Crippen LogP contribution in [0.2, 0.25) is 0 Å². The predicted molar refractivity (Wildman–Crippen MR) is 52.3 cm³/mol. The van der Waals surface area contributed by atoms with Gasteiger partial charge in [0.05, 0.1) is 0 Å². The summed E-state index contributed by atoms with van der Waals surface area (Å²) in [5.41, 5.74) is 9.01. The van der Waals surface area contributed by atoms with Crippen LogP contribution in [-0.4, -0.2) is 16.1 Å². The van der Waals surface area contributed by atoms with Crippen molar-refractivity contribution in [2.75, 3.05) is 6.54 Å². The molecule has 15 heavy (non-hydrogen) atoms. The number of rotatable bonds is 3. The lowest BCUT2D eigenvalue weighted by Gasteiger charge is -1.95. The monoisotopic (exact) mass is 205 g/mol. The van der Waals surface area contributed by atoms with Crippen molar-refractivity contribution in [2.45, 2.75) is 6.54 Å². The van der Waals surface area contributed by atoms with E-state index in [9.17, 15) is 4.79 Å². The molecule has 2 aromatic heterocycles. The van der Waals surface area contributed by atoms with Gasteiger partial charge in [-0.05, 0) is 17.7 Å². The van der Waals surface area contributed by atoms with Crippen LogP contribution >= 0.6 is 0 Å². The minimum absolute atomic E-state index is 0.196. The lowest BCUT2D eigenvalue weighted by molar-refractivity contribution is 0.507. The van der Waals surface area contributed by atoms with Crippen LogP contribution in [0.25, 0.3) is 21.7 Å². The average molecular weight is 205 g/mol. The molecule has 0 aliphatic carbocycles. The van der Waals surface area contributed by atoms with Crippen LogP contribution in [0.4, 0.5) is 0 Å². The fraction of sp³-hybridized carbons (Fsp3) is 0.250. The summed E-state index contributed by atoms with van der Waals surface area (Å²) in [6.07, 6.45) is 1.57. The van der Waals surface area contributed by atoms with Crippen LogP contribution in [0.1, 0.15) is 0 Å². The van der Waals surface area contributed by atoms with Gasteiger partial charge in [-0.15, -0.1) is 0 Å². The summed E-state index contributed by atoms with van der Waals surface area (Å²) in [4.78, 5) is 18.0. The van der Waals surface area contributed by atoms with Crippen LogP contribution in [0.3, 0.4) is 0 Å². The Morgan fingerprint density at radius 2 is 2.53 bits per heavy atom. The van der Waals surface area contributed by atoms with Crippen molar-refractivity contribution in [1.29, 1.82) is 0 Å². The van der Waals surface area contributed by atoms with Gasteiger partial charge in [-0.1, -0.05) is 5.11 Å². The second-order valence-electron chi connectivity index (χ2n) is 2.80. The third kappa shape index (κ3) is 1.68. The van der Waals surface area contributed by atoms with Crippen molar-refractivity contribution in [3.8, 4) is 0 Å². The molecular weight excluding hydrogens is 198 g/mol. The van der Waals surface area contributed by atoms with E-state index in [1.807, 2.05) is 0 Å². The van der Waals surface area contributed by atoms with E-state index >= 15 is 0 Å². The first-order chi connectivity index (χ1) is 7.33. The highest BCUT2D eigenvalue weighted by molar-refractivity contribution is 5.67. The first-order valence-corrected chi connectivity index (χ1v) is 4.28. The summed E-state index contributed by atoms with van der Waals surface area (Å²) < 4.78 is 6.28. The highest BCUT2D eigenvalue weighted by atomic mass is 16.4. The number of oxazole rings is 1. The summed E-state index contributed by atoms with van der Waals surface area (Å²) >= 11 is 0. The Balaban J connectivity index is 2.45. The number of fused-ring (bicyclic) bond motifs is 1. The number of hydrogen-bond acceptors (Lipinski definition) is 4. The maximum atomic E-state index is 11.4. The molecule has 0 unspecified atom stereocenters. The number of nitrogens with zero attached hydrogens (tertiary/aromatic N) is 5. The van der Waals surface area contributed by atoms with E-state index < -0.39 is 5.76 Å². The molecule has 76 valence electrons. The smallest absolute Gasteiger partial charge is 0.406 e. The second-order valence-corrected chi connectivity index (χ2v) is 2.80. The van der Waals surface area contributed by atoms with Crippen LogP contribution in [0.5, 0.6) is 0 Å². The van der Waals surface area contributed by atoms with Crippen molar-refractivity contribution in [3.63, 3.8) is 0 Å². The molecule has 0 fully saturated rings. The van der Waals surface area contributed by atoms with Crippen molar-refractivity contribution < 1.29 is 4.42 Å². The third-order valence-electron chi connectivity index (χ3n) is 1.91. The molecule has 0 amide bonds. The summed E-state index contributed by atoms with van der Waals surface area (Å²) in [6.45, 7) is 0.467. The predicted octanol–water partition coefficient (Wildman–Crippen LogP) is 1.30. The molecule has 0 aliphatic heterocycles. The molecule has 7 nitrogen and oxygen atoms in total. The number of pyridine rings is 1. The molecule has 0 aromatic carbocycles. The van der Waals surface area contributed by atoms with Crippen molar-refractivity contribution in [1.82, 2.24) is 9.55 Å². The van der Waals surface area contributed by atoms with Gasteiger partial charge in [-0.25, -0.2) is 9.78 Å². The second kappa shape index (κ2) is 3.85. The standard InChI is InChI=1S/C8H7N5O2/c9-12-11-4-5-13-7-6(15-8(13)14)2-1-3-10-7/h1-3H,4-5H2. The molecule has 0 bridgehead atoms. The van der Waals surface area contributed by atoms with E-state index in [0.717, 1.165) is 0 Å². The minimum atomic E-state index is -0.489. The van der Waals surface area contributed by atoms with Crippen LogP contribution in [-0.2, 0) is 6.54 Å². The van der Waals surface area contributed by atoms with E-state index in [2.05, 4.69) is 15.0 Å². The van der Waals surface area contributed by atoms with Gasteiger partial charge in [0.2, 0.25) is 0 Å². The largest absolute Gasteiger partial charge is 0.421 e. The lowest BCUT2D eigenvalue weighted by Crippen LogP contribution is -2.16. The molecule has 2 heterocycles. The van der Waals surface area contributed by atoms with E-state index in [0.29, 0.717) is 11.2 Å². The Kier molecular flexibility index (Phi) is 2.38. The molecule has 0 aliphatic rings. The van der Waals surface area contributed by atoms with Gasteiger partial charge in [0.15, 0.2) is 11.2 Å². The molecule has 2 rings (SSSR count). The Labute approximate surface area is 83.6 Å². The number of azide groups is 1. The Hall–Kier alpha value is -2.27. The zero-order valence-corrected chi connectivity index (χ0v) is 7.70. The van der Waals surface area contributed by atoms with Gasteiger partial charge in [-0.3, -0.25) is 4.57 Å². The average Bonchev–Trinajstić information content (AvgIpc) is 2.56. The molecular formula is C8H7N5O2. The summed E-state index contributed by atoms with van der Waals surface area (Å²) in [7, 11) is 0. The molecule has 0 saturated carbocycles. The fourth-order valence-electron chi connectivity index (χ4n) is 1.29. The Morgan fingerprint density at radius 3 is 3.33 bits per heavy atom. The van der Waals surface area contributed by atoms with Gasteiger partial charge in [0.25, 0.3) is 0 Å². The SMILES string of the molecule is [N-]=[N+]=NCCn1c(=O)oc2cccnc21. The number of aromatic nitrogens is 2.